The van der Waals surface area contributed by atoms with E-state index >= 15 is 0 Å². The number of carbonyl (C=O) groups is 1. The first-order chi connectivity index (χ1) is 13.4. The van der Waals surface area contributed by atoms with Crippen molar-refractivity contribution in [1.82, 2.24) is 9.97 Å². The summed E-state index contributed by atoms with van der Waals surface area (Å²) in [7, 11) is 0. The molecule has 2 heterocycles. The molecule has 10 heteroatoms. The van der Waals surface area contributed by atoms with Gasteiger partial charge < -0.3 is 15.5 Å². The van der Waals surface area contributed by atoms with E-state index in [4.69, 9.17) is 22.4 Å². The fourth-order valence-corrected chi connectivity index (χ4v) is 4.03. The number of thiazole rings is 1. The van der Waals surface area contributed by atoms with Crippen LogP contribution in [0.5, 0.6) is 0 Å². The van der Waals surface area contributed by atoms with Crippen molar-refractivity contribution in [1.29, 1.82) is 0 Å². The van der Waals surface area contributed by atoms with Crippen molar-refractivity contribution in [3.05, 3.63) is 53.9 Å². The third kappa shape index (κ3) is 5.54. The van der Waals surface area contributed by atoms with Gasteiger partial charge in [-0.25, -0.2) is 9.97 Å². The molecule has 0 aliphatic heterocycles. The quantitative estimate of drug-likeness (QED) is 0.370. The number of nitrogens with two attached hydrogens (primary N) is 1. The van der Waals surface area contributed by atoms with Gasteiger partial charge in [-0.15, -0.1) is 11.8 Å². The second-order valence-electron chi connectivity index (χ2n) is 6.10. The van der Waals surface area contributed by atoms with Gasteiger partial charge in [0.25, 0.3) is 5.91 Å². The van der Waals surface area contributed by atoms with Crippen LogP contribution in [0.2, 0.25) is 0 Å². The highest BCUT2D eigenvalue weighted by Crippen LogP contribution is 2.31. The number of anilines is 2. The molecule has 2 aromatic heterocycles. The molecule has 0 unspecified atom stereocenters. The molecule has 0 bridgehead atoms. The summed E-state index contributed by atoms with van der Waals surface area (Å²) < 4.78 is 6.66. The van der Waals surface area contributed by atoms with Gasteiger partial charge in [-0.1, -0.05) is 25.2 Å². The van der Waals surface area contributed by atoms with E-state index in [0.717, 1.165) is 15.7 Å². The smallest absolute Gasteiger partial charge is 0.257 e. The number of hydrogen-bond acceptors (Lipinski definition) is 7. The number of thioether (sulfide) groups is 1. The predicted octanol–water partition coefficient (Wildman–Crippen LogP) is 4.45. The van der Waals surface area contributed by atoms with Crippen molar-refractivity contribution in [2.24, 2.45) is 5.73 Å². The Balaban J connectivity index is 1.54. The van der Waals surface area contributed by atoms with Crippen LogP contribution in [0.25, 0.3) is 0 Å². The highest BCUT2D eigenvalue weighted by Gasteiger charge is 2.12. The number of aromatic nitrogens is 2. The van der Waals surface area contributed by atoms with Crippen LogP contribution in [-0.4, -0.2) is 21.0 Å². The SMILES string of the molecule is CC(C)c1cnc(CSc2cnc(NC(=O)c3ccc(NC(N)=S)cc3)s2)o1. The average molecular weight is 434 g/mol. The molecule has 0 atom stereocenters. The zero-order valence-corrected chi connectivity index (χ0v) is 17.7. The molecular weight excluding hydrogens is 414 g/mol. The highest BCUT2D eigenvalue weighted by molar-refractivity contribution is 8.00. The van der Waals surface area contributed by atoms with Crippen molar-refractivity contribution >= 4 is 57.2 Å². The van der Waals surface area contributed by atoms with E-state index in [1.54, 1.807) is 48.4 Å². The minimum Gasteiger partial charge on any atom is -0.445 e. The largest absolute Gasteiger partial charge is 0.445 e. The summed E-state index contributed by atoms with van der Waals surface area (Å²) in [6, 6.07) is 6.85. The maximum atomic E-state index is 12.4. The number of rotatable bonds is 7. The number of hydrogen-bond donors (Lipinski definition) is 3. The fraction of sp³-hybridized carbons (Fsp3) is 0.222. The summed E-state index contributed by atoms with van der Waals surface area (Å²) in [4.78, 5) is 20.9. The van der Waals surface area contributed by atoms with Crippen molar-refractivity contribution in [3.63, 3.8) is 0 Å². The van der Waals surface area contributed by atoms with Crippen molar-refractivity contribution < 1.29 is 9.21 Å². The van der Waals surface area contributed by atoms with Gasteiger partial charge in [-0.05, 0) is 36.5 Å². The van der Waals surface area contributed by atoms with Crippen molar-refractivity contribution in [2.45, 2.75) is 29.7 Å². The third-order valence-electron chi connectivity index (χ3n) is 3.60. The van der Waals surface area contributed by atoms with Gasteiger partial charge in [0, 0.05) is 17.2 Å². The molecule has 1 amide bonds. The summed E-state index contributed by atoms with van der Waals surface area (Å²) in [5.74, 6) is 2.25. The molecule has 0 saturated heterocycles. The van der Waals surface area contributed by atoms with E-state index in [2.05, 4.69) is 34.4 Å². The molecule has 0 spiro atoms. The molecule has 28 heavy (non-hydrogen) atoms. The maximum Gasteiger partial charge on any atom is 0.257 e. The topological polar surface area (TPSA) is 106 Å². The Morgan fingerprint density at radius 2 is 2.00 bits per heavy atom. The summed E-state index contributed by atoms with van der Waals surface area (Å²) in [5.41, 5.74) is 6.66. The minimum atomic E-state index is -0.234. The maximum absolute atomic E-state index is 12.4. The van der Waals surface area contributed by atoms with Crippen molar-refractivity contribution in [3.8, 4) is 0 Å². The monoisotopic (exact) mass is 433 g/mol. The zero-order valence-electron chi connectivity index (χ0n) is 15.3. The number of nitrogens with zero attached hydrogens (tertiary/aromatic N) is 2. The van der Waals surface area contributed by atoms with Crippen LogP contribution in [0, 0.1) is 0 Å². The Hall–Kier alpha value is -2.43. The molecule has 1 aromatic carbocycles. The summed E-state index contributed by atoms with van der Waals surface area (Å²) in [6.07, 6.45) is 3.49. The number of nitrogens with one attached hydrogen (secondary N) is 2. The second kappa shape index (κ2) is 9.18. The van der Waals surface area contributed by atoms with Crippen LogP contribution >= 0.6 is 35.3 Å². The van der Waals surface area contributed by atoms with Gasteiger partial charge in [0.1, 0.15) is 5.76 Å². The first kappa shape index (κ1) is 20.3. The van der Waals surface area contributed by atoms with E-state index in [0.29, 0.717) is 28.3 Å². The number of amides is 1. The third-order valence-corrected chi connectivity index (χ3v) is 5.79. The zero-order chi connectivity index (χ0) is 20.1. The standard InChI is InChI=1S/C18H19N5O2S3/c1-10(2)13-7-20-14(25-13)9-27-15-8-21-18(28-15)23-16(24)11-3-5-12(6-4-11)22-17(19)26/h3-8,10H,9H2,1-2H3,(H3,19,22,26)(H,21,23,24). The Bertz CT molecular complexity index is 966. The number of thiocarbonyl (C=S) groups is 1. The van der Waals surface area contributed by atoms with Gasteiger partial charge in [-0.3, -0.25) is 10.1 Å². The molecular formula is C18H19N5O2S3. The molecule has 0 aliphatic carbocycles. The Labute approximate surface area is 176 Å². The number of benzene rings is 1. The fourth-order valence-electron chi connectivity index (χ4n) is 2.19. The Morgan fingerprint density at radius 3 is 2.64 bits per heavy atom. The summed E-state index contributed by atoms with van der Waals surface area (Å²) in [5, 5.41) is 6.32. The molecule has 0 saturated carbocycles. The lowest BCUT2D eigenvalue weighted by atomic mass is 10.2. The lowest BCUT2D eigenvalue weighted by Gasteiger charge is -2.05. The molecule has 3 rings (SSSR count). The van der Waals surface area contributed by atoms with Crippen LogP contribution in [0.3, 0.4) is 0 Å². The first-order valence-electron chi connectivity index (χ1n) is 8.42. The highest BCUT2D eigenvalue weighted by atomic mass is 32.2. The molecule has 3 aromatic rings. The first-order valence-corrected chi connectivity index (χ1v) is 10.6. The average Bonchev–Trinajstić information content (AvgIpc) is 3.29. The van der Waals surface area contributed by atoms with Gasteiger partial charge in [-0.2, -0.15) is 0 Å². The van der Waals surface area contributed by atoms with Crippen LogP contribution in [0.4, 0.5) is 10.8 Å². The van der Waals surface area contributed by atoms with E-state index in [-0.39, 0.29) is 11.0 Å². The van der Waals surface area contributed by atoms with E-state index < -0.39 is 0 Å². The minimum absolute atomic E-state index is 0.176. The molecule has 0 fully saturated rings. The molecule has 4 N–H and O–H groups in total. The van der Waals surface area contributed by atoms with Gasteiger partial charge in [0.15, 0.2) is 10.2 Å². The van der Waals surface area contributed by atoms with Crippen LogP contribution in [0.1, 0.15) is 41.8 Å². The lowest BCUT2D eigenvalue weighted by Crippen LogP contribution is -2.19. The Morgan fingerprint density at radius 1 is 1.25 bits per heavy atom. The van der Waals surface area contributed by atoms with E-state index in [1.165, 1.54) is 11.3 Å². The van der Waals surface area contributed by atoms with Crippen LogP contribution < -0.4 is 16.4 Å². The molecule has 7 nitrogen and oxygen atoms in total. The summed E-state index contributed by atoms with van der Waals surface area (Å²) in [6.45, 7) is 4.12. The van der Waals surface area contributed by atoms with Crippen molar-refractivity contribution in [2.75, 3.05) is 10.6 Å². The molecule has 0 aliphatic rings. The van der Waals surface area contributed by atoms with Crippen LogP contribution in [0.15, 0.2) is 45.3 Å². The van der Waals surface area contributed by atoms with Gasteiger partial charge >= 0.3 is 0 Å². The molecule has 0 radical (unpaired) electrons. The second-order valence-corrected chi connectivity index (χ2v) is 8.85. The van der Waals surface area contributed by atoms with Gasteiger partial charge in [0.05, 0.1) is 22.4 Å². The van der Waals surface area contributed by atoms with E-state index in [9.17, 15) is 4.79 Å². The molecule has 146 valence electrons. The Kier molecular flexibility index (Phi) is 6.65. The van der Waals surface area contributed by atoms with E-state index in [1.807, 2.05) is 0 Å². The number of carbonyl (C=O) groups excluding carboxylic acids is 1. The predicted molar refractivity (Wildman–Crippen MR) is 117 cm³/mol. The van der Waals surface area contributed by atoms with Crippen LogP contribution in [-0.2, 0) is 5.75 Å². The summed E-state index contributed by atoms with van der Waals surface area (Å²) >= 11 is 7.76. The normalized spacial score (nSPS) is 10.8. The lowest BCUT2D eigenvalue weighted by molar-refractivity contribution is 0.102. The van der Waals surface area contributed by atoms with Gasteiger partial charge in [0.2, 0.25) is 5.89 Å². The number of oxazole rings is 1.